The summed E-state index contributed by atoms with van der Waals surface area (Å²) in [7, 11) is 0. The Balaban J connectivity index is 1.66. The van der Waals surface area contributed by atoms with Crippen LogP contribution in [0.2, 0.25) is 0 Å². The van der Waals surface area contributed by atoms with Gasteiger partial charge in [-0.2, -0.15) is 0 Å². The van der Waals surface area contributed by atoms with E-state index in [0.29, 0.717) is 25.1 Å². The molecule has 1 aromatic rings. The van der Waals surface area contributed by atoms with E-state index in [2.05, 4.69) is 10.8 Å². The number of hydrogen-bond donors (Lipinski definition) is 2. The fourth-order valence-corrected chi connectivity index (χ4v) is 1.93. The van der Waals surface area contributed by atoms with Crippen molar-refractivity contribution in [3.05, 3.63) is 47.5 Å². The van der Waals surface area contributed by atoms with Crippen molar-refractivity contribution in [1.82, 2.24) is 10.8 Å². The molecule has 106 valence electrons. The van der Waals surface area contributed by atoms with Crippen LogP contribution in [0.25, 0.3) is 0 Å². The highest BCUT2D eigenvalue weighted by molar-refractivity contribution is 5.94. The van der Waals surface area contributed by atoms with Crippen molar-refractivity contribution in [1.29, 1.82) is 0 Å². The second-order valence-corrected chi connectivity index (χ2v) is 4.57. The van der Waals surface area contributed by atoms with Crippen LogP contribution < -0.4 is 10.8 Å². The fraction of sp³-hybridized carbons (Fsp3) is 0.333. The number of carbonyl (C=O) groups excluding carboxylic acids is 2. The van der Waals surface area contributed by atoms with Crippen LogP contribution in [0.15, 0.2) is 42.0 Å². The first kappa shape index (κ1) is 14.3. The number of rotatable bonds is 6. The average molecular weight is 274 g/mol. The first-order valence-electron chi connectivity index (χ1n) is 6.67. The van der Waals surface area contributed by atoms with E-state index in [1.807, 2.05) is 36.4 Å². The first-order chi connectivity index (χ1) is 9.75. The smallest absolute Gasteiger partial charge is 0.246 e. The highest BCUT2D eigenvalue weighted by atomic mass is 16.6. The van der Waals surface area contributed by atoms with E-state index in [-0.39, 0.29) is 18.2 Å². The van der Waals surface area contributed by atoms with Crippen LogP contribution in [0, 0.1) is 0 Å². The lowest BCUT2D eigenvalue weighted by atomic mass is 10.1. The maximum absolute atomic E-state index is 11.6. The lowest BCUT2D eigenvalue weighted by Crippen LogP contribution is -2.30. The number of carbonyl (C=O) groups is 2. The van der Waals surface area contributed by atoms with Gasteiger partial charge in [-0.3, -0.25) is 14.4 Å². The van der Waals surface area contributed by atoms with E-state index in [4.69, 9.17) is 4.84 Å². The van der Waals surface area contributed by atoms with E-state index in [0.717, 1.165) is 12.0 Å². The van der Waals surface area contributed by atoms with Gasteiger partial charge in [-0.25, -0.2) is 5.48 Å². The van der Waals surface area contributed by atoms with Crippen LogP contribution >= 0.6 is 0 Å². The van der Waals surface area contributed by atoms with Gasteiger partial charge in [-0.15, -0.1) is 0 Å². The van der Waals surface area contributed by atoms with Gasteiger partial charge in [-0.05, 0) is 18.4 Å². The molecular weight excluding hydrogens is 256 g/mol. The molecular formula is C15H18N2O3. The van der Waals surface area contributed by atoms with Gasteiger partial charge in [0.15, 0.2) is 0 Å². The summed E-state index contributed by atoms with van der Waals surface area (Å²) in [5, 5.41) is 2.75. The van der Waals surface area contributed by atoms with Gasteiger partial charge in [0.25, 0.3) is 0 Å². The predicted molar refractivity (Wildman–Crippen MR) is 74.3 cm³/mol. The van der Waals surface area contributed by atoms with E-state index in [1.165, 1.54) is 0 Å². The fourth-order valence-electron chi connectivity index (χ4n) is 1.93. The van der Waals surface area contributed by atoms with Crippen molar-refractivity contribution in [2.24, 2.45) is 0 Å². The average Bonchev–Trinajstić information content (AvgIpc) is 2.47. The standard InChI is InChI=1S/C15H18N2O3/c18-14(9-8-13-7-4-10-16-15(13)19)17-20-11-12-5-2-1-3-6-12/h1-3,5-7H,4,8-11H2,(H,16,19)(H,17,18). The largest absolute Gasteiger partial charge is 0.352 e. The van der Waals surface area contributed by atoms with Gasteiger partial charge < -0.3 is 5.32 Å². The van der Waals surface area contributed by atoms with Crippen molar-refractivity contribution in [2.45, 2.75) is 25.9 Å². The Hall–Kier alpha value is -2.14. The molecule has 0 saturated heterocycles. The molecule has 20 heavy (non-hydrogen) atoms. The molecule has 0 bridgehead atoms. The third-order valence-corrected chi connectivity index (χ3v) is 3.00. The molecule has 0 aromatic heterocycles. The van der Waals surface area contributed by atoms with Gasteiger partial charge in [-0.1, -0.05) is 36.4 Å². The van der Waals surface area contributed by atoms with Crippen LogP contribution in [0.3, 0.4) is 0 Å². The first-order valence-corrected chi connectivity index (χ1v) is 6.67. The number of nitrogens with one attached hydrogen (secondary N) is 2. The Morgan fingerprint density at radius 2 is 2.10 bits per heavy atom. The Morgan fingerprint density at radius 3 is 2.85 bits per heavy atom. The molecule has 0 spiro atoms. The lowest BCUT2D eigenvalue weighted by Gasteiger charge is -2.13. The minimum Gasteiger partial charge on any atom is -0.352 e. The molecule has 2 N–H and O–H groups in total. The SMILES string of the molecule is O=C(CCC1=CCCNC1=O)NOCc1ccccc1. The molecule has 2 amide bonds. The summed E-state index contributed by atoms with van der Waals surface area (Å²) in [6.07, 6.45) is 3.39. The van der Waals surface area contributed by atoms with Crippen molar-refractivity contribution >= 4 is 11.8 Å². The maximum Gasteiger partial charge on any atom is 0.246 e. The molecule has 0 saturated carbocycles. The molecule has 0 fully saturated rings. The number of hydroxylamine groups is 1. The van der Waals surface area contributed by atoms with Gasteiger partial charge in [0.1, 0.15) is 0 Å². The third kappa shape index (κ3) is 4.51. The van der Waals surface area contributed by atoms with Gasteiger partial charge in [0.2, 0.25) is 11.8 Å². The molecule has 5 nitrogen and oxygen atoms in total. The quantitative estimate of drug-likeness (QED) is 0.772. The second-order valence-electron chi connectivity index (χ2n) is 4.57. The topological polar surface area (TPSA) is 67.4 Å². The molecule has 0 aliphatic carbocycles. The number of hydrogen-bond acceptors (Lipinski definition) is 3. The highest BCUT2D eigenvalue weighted by Gasteiger charge is 2.14. The van der Waals surface area contributed by atoms with E-state index >= 15 is 0 Å². The Kier molecular flexibility index (Phi) is 5.32. The highest BCUT2D eigenvalue weighted by Crippen LogP contribution is 2.10. The summed E-state index contributed by atoms with van der Waals surface area (Å²) in [5.41, 5.74) is 4.05. The van der Waals surface area contributed by atoms with E-state index < -0.39 is 0 Å². The van der Waals surface area contributed by atoms with Crippen molar-refractivity contribution < 1.29 is 14.4 Å². The minimum atomic E-state index is -0.222. The lowest BCUT2D eigenvalue weighted by molar-refractivity contribution is -0.134. The second kappa shape index (κ2) is 7.45. The van der Waals surface area contributed by atoms with Crippen molar-refractivity contribution in [3.63, 3.8) is 0 Å². The molecule has 1 aliphatic rings. The molecule has 2 rings (SSSR count). The summed E-state index contributed by atoms with van der Waals surface area (Å²) in [6.45, 7) is 1.00. The normalized spacial score (nSPS) is 14.4. The molecule has 0 unspecified atom stereocenters. The molecule has 5 heteroatoms. The van der Waals surface area contributed by atoms with Crippen LogP contribution in [0.1, 0.15) is 24.8 Å². The maximum atomic E-state index is 11.6. The van der Waals surface area contributed by atoms with E-state index in [9.17, 15) is 9.59 Å². The summed E-state index contributed by atoms with van der Waals surface area (Å²) < 4.78 is 0. The Morgan fingerprint density at radius 1 is 1.30 bits per heavy atom. The van der Waals surface area contributed by atoms with E-state index in [1.54, 1.807) is 0 Å². The van der Waals surface area contributed by atoms with Gasteiger partial charge in [0.05, 0.1) is 6.61 Å². The Labute approximate surface area is 118 Å². The van der Waals surface area contributed by atoms with Crippen LogP contribution in [-0.2, 0) is 21.0 Å². The molecule has 1 heterocycles. The minimum absolute atomic E-state index is 0.0748. The van der Waals surface area contributed by atoms with Gasteiger partial charge in [0, 0.05) is 18.5 Å². The third-order valence-electron chi connectivity index (χ3n) is 3.00. The summed E-state index contributed by atoms with van der Waals surface area (Å²) in [6, 6.07) is 9.58. The zero-order valence-electron chi connectivity index (χ0n) is 11.2. The molecule has 1 aromatic carbocycles. The Bertz CT molecular complexity index is 497. The van der Waals surface area contributed by atoms with Crippen LogP contribution in [0.5, 0.6) is 0 Å². The monoisotopic (exact) mass is 274 g/mol. The molecule has 0 atom stereocenters. The molecule has 1 aliphatic heterocycles. The molecule has 0 radical (unpaired) electrons. The zero-order valence-corrected chi connectivity index (χ0v) is 11.2. The number of amides is 2. The zero-order chi connectivity index (χ0) is 14.2. The number of benzene rings is 1. The van der Waals surface area contributed by atoms with Crippen LogP contribution in [-0.4, -0.2) is 18.4 Å². The van der Waals surface area contributed by atoms with Crippen LogP contribution in [0.4, 0.5) is 0 Å². The van der Waals surface area contributed by atoms with Crippen molar-refractivity contribution in [3.8, 4) is 0 Å². The van der Waals surface area contributed by atoms with Gasteiger partial charge >= 0.3 is 0 Å². The van der Waals surface area contributed by atoms with Crippen molar-refractivity contribution in [2.75, 3.05) is 6.54 Å². The summed E-state index contributed by atoms with van der Waals surface area (Å²) >= 11 is 0. The summed E-state index contributed by atoms with van der Waals surface area (Å²) in [4.78, 5) is 28.2. The predicted octanol–water partition coefficient (Wildman–Crippen LogP) is 1.46. The summed E-state index contributed by atoms with van der Waals surface area (Å²) in [5.74, 6) is -0.297.